The number of rotatable bonds is 4. The Morgan fingerprint density at radius 1 is 1.00 bits per heavy atom. The predicted molar refractivity (Wildman–Crippen MR) is 105 cm³/mol. The molecule has 0 bridgehead atoms. The fourth-order valence-electron chi connectivity index (χ4n) is 2.59. The van der Waals surface area contributed by atoms with E-state index >= 15 is 0 Å². The Bertz CT molecular complexity index is 994. The first-order valence-corrected chi connectivity index (χ1v) is 8.73. The third-order valence-corrected chi connectivity index (χ3v) is 4.27. The maximum absolute atomic E-state index is 12.5. The van der Waals surface area contributed by atoms with Gasteiger partial charge in [0.1, 0.15) is 6.07 Å². The summed E-state index contributed by atoms with van der Waals surface area (Å²) in [5, 5.41) is 14.5. The van der Waals surface area contributed by atoms with Gasteiger partial charge in [0.25, 0.3) is 0 Å². The van der Waals surface area contributed by atoms with Gasteiger partial charge in [-0.05, 0) is 35.9 Å². The zero-order valence-electron chi connectivity index (χ0n) is 14.6. The van der Waals surface area contributed by atoms with Crippen LogP contribution in [0, 0.1) is 11.3 Å². The van der Waals surface area contributed by atoms with Crippen LogP contribution in [-0.4, -0.2) is 16.8 Å². The summed E-state index contributed by atoms with van der Waals surface area (Å²) in [6.07, 6.45) is 1.62. The molecule has 0 saturated heterocycles. The number of halogens is 1. The molecule has 2 aromatic carbocycles. The van der Waals surface area contributed by atoms with E-state index in [1.165, 1.54) is 18.2 Å². The summed E-state index contributed by atoms with van der Waals surface area (Å²) in [6, 6.07) is 20.3. The molecule has 6 nitrogen and oxygen atoms in total. The molecule has 1 unspecified atom stereocenters. The number of nitrogens with one attached hydrogen (secondary N) is 2. The van der Waals surface area contributed by atoms with Crippen molar-refractivity contribution in [3.05, 3.63) is 94.8 Å². The highest BCUT2D eigenvalue weighted by Gasteiger charge is 2.22. The zero-order chi connectivity index (χ0) is 19.9. The minimum Gasteiger partial charge on any atom is -0.335 e. The van der Waals surface area contributed by atoms with E-state index < -0.39 is 17.9 Å². The molecule has 0 aliphatic heterocycles. The average Bonchev–Trinajstić information content (AvgIpc) is 2.74. The zero-order valence-corrected chi connectivity index (χ0v) is 15.4. The molecule has 28 heavy (non-hydrogen) atoms. The van der Waals surface area contributed by atoms with Gasteiger partial charge >= 0.3 is 11.8 Å². The molecule has 0 fully saturated rings. The molecule has 0 saturated carbocycles. The normalized spacial score (nSPS) is 11.1. The molecular formula is C21H15ClN4O2. The molecule has 1 atom stereocenters. The van der Waals surface area contributed by atoms with Crippen molar-refractivity contribution < 1.29 is 9.59 Å². The Hall–Kier alpha value is -3.69. The summed E-state index contributed by atoms with van der Waals surface area (Å²) in [4.78, 5) is 29.1. The van der Waals surface area contributed by atoms with E-state index in [0.717, 1.165) is 5.56 Å². The van der Waals surface area contributed by atoms with Crippen LogP contribution in [0.25, 0.3) is 0 Å². The smallest absolute Gasteiger partial charge is 0.313 e. The number of aromatic nitrogens is 1. The number of carbonyl (C=O) groups is 2. The Morgan fingerprint density at radius 3 is 2.43 bits per heavy atom. The summed E-state index contributed by atoms with van der Waals surface area (Å²) < 4.78 is 0. The molecule has 0 aliphatic carbocycles. The molecule has 3 aromatic rings. The lowest BCUT2D eigenvalue weighted by atomic mass is 10.0. The van der Waals surface area contributed by atoms with Gasteiger partial charge in [-0.1, -0.05) is 48.0 Å². The van der Waals surface area contributed by atoms with Crippen molar-refractivity contribution in [3.8, 4) is 6.07 Å². The number of benzene rings is 2. The Balaban J connectivity index is 1.78. The predicted octanol–water partition coefficient (Wildman–Crippen LogP) is 3.45. The maximum Gasteiger partial charge on any atom is 0.313 e. The first kappa shape index (κ1) is 19.1. The second-order valence-electron chi connectivity index (χ2n) is 5.83. The van der Waals surface area contributed by atoms with Crippen LogP contribution >= 0.6 is 11.6 Å². The third-order valence-electron chi connectivity index (χ3n) is 3.94. The van der Waals surface area contributed by atoms with Gasteiger partial charge in [0.15, 0.2) is 0 Å². The van der Waals surface area contributed by atoms with E-state index in [-0.39, 0.29) is 10.6 Å². The van der Waals surface area contributed by atoms with Crippen molar-refractivity contribution in [1.29, 1.82) is 5.26 Å². The lowest BCUT2D eigenvalue weighted by Crippen LogP contribution is -2.38. The van der Waals surface area contributed by atoms with Gasteiger partial charge in [-0.3, -0.25) is 14.6 Å². The molecule has 7 heteroatoms. The summed E-state index contributed by atoms with van der Waals surface area (Å²) in [5.41, 5.74) is 1.90. The topological polar surface area (TPSA) is 94.9 Å². The highest BCUT2D eigenvalue weighted by atomic mass is 35.5. The molecule has 0 spiro atoms. The van der Waals surface area contributed by atoms with E-state index in [1.54, 1.807) is 18.3 Å². The molecule has 3 rings (SSSR count). The van der Waals surface area contributed by atoms with Gasteiger partial charge in [-0.15, -0.1) is 0 Å². The summed E-state index contributed by atoms with van der Waals surface area (Å²) >= 11 is 5.88. The van der Waals surface area contributed by atoms with Crippen LogP contribution in [0.1, 0.15) is 22.9 Å². The highest BCUT2D eigenvalue weighted by molar-refractivity contribution is 6.39. The number of carbonyl (C=O) groups excluding carboxylic acids is 2. The molecule has 2 amide bonds. The molecule has 138 valence electrons. The summed E-state index contributed by atoms with van der Waals surface area (Å²) in [7, 11) is 0. The van der Waals surface area contributed by atoms with Gasteiger partial charge in [0, 0.05) is 11.9 Å². The van der Waals surface area contributed by atoms with E-state index in [9.17, 15) is 9.59 Å². The monoisotopic (exact) mass is 390 g/mol. The standard InChI is InChI=1S/C21H15ClN4O2/c22-17-10-9-16(12-15(17)13-23)25-20(27)21(28)26-19(14-6-2-1-3-7-14)18-8-4-5-11-24-18/h1-12,19H,(H,25,27)(H,26,28). The maximum atomic E-state index is 12.5. The first-order valence-electron chi connectivity index (χ1n) is 8.36. The quantitative estimate of drug-likeness (QED) is 0.667. The van der Waals surface area contributed by atoms with E-state index in [0.29, 0.717) is 11.4 Å². The number of hydrogen-bond acceptors (Lipinski definition) is 4. The van der Waals surface area contributed by atoms with Crippen molar-refractivity contribution in [3.63, 3.8) is 0 Å². The number of anilines is 1. The Labute approximate surface area is 166 Å². The van der Waals surface area contributed by atoms with E-state index in [2.05, 4.69) is 15.6 Å². The van der Waals surface area contributed by atoms with E-state index in [4.69, 9.17) is 16.9 Å². The first-order chi connectivity index (χ1) is 13.6. The fourth-order valence-corrected chi connectivity index (χ4v) is 2.75. The third kappa shape index (κ3) is 4.53. The van der Waals surface area contributed by atoms with Crippen LogP contribution in [-0.2, 0) is 9.59 Å². The second kappa shape index (κ2) is 8.80. The van der Waals surface area contributed by atoms with Gasteiger partial charge in [-0.25, -0.2) is 0 Å². The Kier molecular flexibility index (Phi) is 6.00. The van der Waals surface area contributed by atoms with E-state index in [1.807, 2.05) is 42.5 Å². The fraction of sp³-hybridized carbons (Fsp3) is 0.0476. The van der Waals surface area contributed by atoms with Crippen LogP contribution in [0.15, 0.2) is 72.9 Å². The number of amides is 2. The molecular weight excluding hydrogens is 376 g/mol. The van der Waals surface area contributed by atoms with Crippen molar-refractivity contribution in [2.45, 2.75) is 6.04 Å². The Morgan fingerprint density at radius 2 is 1.75 bits per heavy atom. The second-order valence-corrected chi connectivity index (χ2v) is 6.24. The number of hydrogen-bond donors (Lipinski definition) is 2. The van der Waals surface area contributed by atoms with Crippen LogP contribution in [0.4, 0.5) is 5.69 Å². The van der Waals surface area contributed by atoms with Crippen LogP contribution < -0.4 is 10.6 Å². The van der Waals surface area contributed by atoms with Gasteiger partial charge < -0.3 is 10.6 Å². The SMILES string of the molecule is N#Cc1cc(NC(=O)C(=O)NC(c2ccccc2)c2ccccn2)ccc1Cl. The average molecular weight is 391 g/mol. The van der Waals surface area contributed by atoms with Gasteiger partial charge in [0.2, 0.25) is 0 Å². The molecule has 0 radical (unpaired) electrons. The number of nitrogens with zero attached hydrogens (tertiary/aromatic N) is 2. The minimum atomic E-state index is -0.858. The highest BCUT2D eigenvalue weighted by Crippen LogP contribution is 2.21. The largest absolute Gasteiger partial charge is 0.335 e. The molecule has 1 heterocycles. The minimum absolute atomic E-state index is 0.204. The summed E-state index contributed by atoms with van der Waals surface area (Å²) in [6.45, 7) is 0. The number of pyridine rings is 1. The lowest BCUT2D eigenvalue weighted by Gasteiger charge is -2.18. The van der Waals surface area contributed by atoms with Crippen molar-refractivity contribution in [1.82, 2.24) is 10.3 Å². The molecule has 0 aliphatic rings. The molecule has 2 N–H and O–H groups in total. The van der Waals surface area contributed by atoms with Crippen molar-refractivity contribution >= 4 is 29.1 Å². The summed E-state index contributed by atoms with van der Waals surface area (Å²) in [5.74, 6) is -1.68. The van der Waals surface area contributed by atoms with Gasteiger partial charge in [-0.2, -0.15) is 5.26 Å². The number of nitriles is 1. The van der Waals surface area contributed by atoms with Crippen molar-refractivity contribution in [2.24, 2.45) is 0 Å². The molecule has 1 aromatic heterocycles. The lowest BCUT2D eigenvalue weighted by molar-refractivity contribution is -0.136. The van der Waals surface area contributed by atoms with Crippen LogP contribution in [0.2, 0.25) is 5.02 Å². The van der Waals surface area contributed by atoms with Gasteiger partial charge in [0.05, 0.1) is 22.3 Å². The van der Waals surface area contributed by atoms with Crippen LogP contribution in [0.3, 0.4) is 0 Å². The van der Waals surface area contributed by atoms with Crippen molar-refractivity contribution in [2.75, 3.05) is 5.32 Å². The van der Waals surface area contributed by atoms with Crippen LogP contribution in [0.5, 0.6) is 0 Å².